The van der Waals surface area contributed by atoms with Crippen molar-refractivity contribution in [2.75, 3.05) is 10.0 Å². The molecule has 3 aromatic rings. The Morgan fingerprint density at radius 3 is 2.27 bits per heavy atom. The topological polar surface area (TPSA) is 84.0 Å². The van der Waals surface area contributed by atoms with Crippen LogP contribution < -0.4 is 10.0 Å². The second kappa shape index (κ2) is 7.22. The number of halogens is 3. The lowest BCUT2D eigenvalue weighted by Crippen LogP contribution is -2.14. The van der Waals surface area contributed by atoms with E-state index in [2.05, 4.69) is 20.0 Å². The Bertz CT molecular complexity index is 1050. The molecule has 6 nitrogen and oxygen atoms in total. The number of anilines is 3. The quantitative estimate of drug-likeness (QED) is 0.638. The monoisotopic (exact) mass is 396 g/mol. The smallest absolute Gasteiger partial charge is 0.264 e. The Labute approximate surface area is 152 Å². The fourth-order valence-corrected chi connectivity index (χ4v) is 3.34. The van der Waals surface area contributed by atoms with Crippen molar-refractivity contribution in [2.24, 2.45) is 0 Å². The van der Waals surface area contributed by atoms with Crippen LogP contribution in [-0.4, -0.2) is 18.4 Å². The second-order valence-corrected chi connectivity index (χ2v) is 7.15. The summed E-state index contributed by atoms with van der Waals surface area (Å²) < 4.78 is 53.3. The fraction of sp³-hybridized carbons (Fsp3) is 0. The summed E-state index contributed by atoms with van der Waals surface area (Å²) in [6.07, 6.45) is 1.30. The predicted octanol–water partition coefficient (Wildman–Crippen LogP) is 3.95. The summed E-state index contributed by atoms with van der Waals surface area (Å²) in [6.45, 7) is 0. The predicted molar refractivity (Wildman–Crippen MR) is 93.9 cm³/mol. The van der Waals surface area contributed by atoms with E-state index in [1.54, 1.807) is 12.1 Å². The highest BCUT2D eigenvalue weighted by Gasteiger charge is 2.19. The van der Waals surface area contributed by atoms with Gasteiger partial charge in [0.2, 0.25) is 0 Å². The molecule has 0 spiro atoms. The first-order valence-corrected chi connectivity index (χ1v) is 9.02. The van der Waals surface area contributed by atoms with Gasteiger partial charge in [-0.05, 0) is 36.4 Å². The Balaban J connectivity index is 1.76. The van der Waals surface area contributed by atoms with Crippen LogP contribution in [0.5, 0.6) is 0 Å². The van der Waals surface area contributed by atoms with Crippen LogP contribution in [0.1, 0.15) is 0 Å². The minimum Gasteiger partial charge on any atom is -0.340 e. The summed E-state index contributed by atoms with van der Waals surface area (Å²) in [6, 6.07) is 9.90. The Hall–Kier alpha value is -2.78. The molecule has 1 heterocycles. The van der Waals surface area contributed by atoms with Gasteiger partial charge in [0.15, 0.2) is 0 Å². The van der Waals surface area contributed by atoms with Crippen LogP contribution in [0.25, 0.3) is 0 Å². The van der Waals surface area contributed by atoms with Crippen LogP contribution in [0.4, 0.5) is 26.0 Å². The second-order valence-electron chi connectivity index (χ2n) is 5.11. The molecule has 0 aliphatic rings. The molecule has 0 radical (unpaired) electrons. The van der Waals surface area contributed by atoms with Crippen molar-refractivity contribution in [2.45, 2.75) is 4.90 Å². The first-order chi connectivity index (χ1) is 12.3. The molecule has 1 aromatic heterocycles. The summed E-state index contributed by atoms with van der Waals surface area (Å²) in [7, 11) is -4.19. The largest absolute Gasteiger partial charge is 0.340 e. The molecule has 3 rings (SSSR count). The van der Waals surface area contributed by atoms with Gasteiger partial charge in [0.1, 0.15) is 33.8 Å². The summed E-state index contributed by atoms with van der Waals surface area (Å²) in [5, 5.41) is 3.24. The summed E-state index contributed by atoms with van der Waals surface area (Å²) >= 11 is 5.77. The molecule has 0 fully saturated rings. The number of aromatic nitrogens is 2. The first-order valence-electron chi connectivity index (χ1n) is 7.16. The van der Waals surface area contributed by atoms with Crippen molar-refractivity contribution < 1.29 is 17.2 Å². The van der Waals surface area contributed by atoms with Crippen LogP contribution in [-0.2, 0) is 10.0 Å². The zero-order chi connectivity index (χ0) is 18.7. The molecular formula is C16H11ClF2N4O2S. The highest BCUT2D eigenvalue weighted by Crippen LogP contribution is 2.22. The molecule has 0 unspecified atom stereocenters. The van der Waals surface area contributed by atoms with Gasteiger partial charge < -0.3 is 5.32 Å². The molecule has 134 valence electrons. The summed E-state index contributed by atoms with van der Waals surface area (Å²) in [4.78, 5) is 7.10. The van der Waals surface area contributed by atoms with E-state index in [-0.39, 0.29) is 10.8 Å². The van der Waals surface area contributed by atoms with E-state index < -0.39 is 26.6 Å². The Kier molecular flexibility index (Phi) is 5.01. The molecule has 0 saturated heterocycles. The fourth-order valence-electron chi connectivity index (χ4n) is 2.07. The van der Waals surface area contributed by atoms with E-state index in [1.165, 1.54) is 24.5 Å². The van der Waals surface area contributed by atoms with E-state index >= 15 is 0 Å². The number of hydrogen-bond donors (Lipinski definition) is 2. The lowest BCUT2D eigenvalue weighted by molar-refractivity contribution is 0.551. The molecule has 2 aromatic carbocycles. The summed E-state index contributed by atoms with van der Waals surface area (Å²) in [5.74, 6) is -1.56. The van der Waals surface area contributed by atoms with Gasteiger partial charge in [0.05, 0.1) is 0 Å². The molecule has 0 aliphatic carbocycles. The van der Waals surface area contributed by atoms with Crippen LogP contribution >= 0.6 is 11.6 Å². The SMILES string of the molecule is O=S(=O)(Nc1ccc(Nc2cc(Cl)ncn2)cc1)c1ccc(F)cc1F. The number of rotatable bonds is 5. The number of nitrogens with one attached hydrogen (secondary N) is 2. The van der Waals surface area contributed by atoms with Crippen LogP contribution in [0.3, 0.4) is 0 Å². The number of hydrogen-bond acceptors (Lipinski definition) is 5. The highest BCUT2D eigenvalue weighted by molar-refractivity contribution is 7.92. The lowest BCUT2D eigenvalue weighted by Gasteiger charge is -2.10. The molecule has 2 N–H and O–H groups in total. The lowest BCUT2D eigenvalue weighted by atomic mass is 10.3. The number of sulfonamides is 1. The van der Waals surface area contributed by atoms with Gasteiger partial charge in [-0.1, -0.05) is 11.6 Å². The van der Waals surface area contributed by atoms with Crippen molar-refractivity contribution in [3.63, 3.8) is 0 Å². The molecule has 0 amide bonds. The van der Waals surface area contributed by atoms with E-state index in [1.807, 2.05) is 0 Å². The Morgan fingerprint density at radius 2 is 1.62 bits per heavy atom. The normalized spacial score (nSPS) is 11.2. The van der Waals surface area contributed by atoms with Crippen molar-refractivity contribution in [3.8, 4) is 0 Å². The van der Waals surface area contributed by atoms with Crippen LogP contribution in [0.15, 0.2) is 59.8 Å². The van der Waals surface area contributed by atoms with Crippen LogP contribution in [0, 0.1) is 11.6 Å². The molecule has 26 heavy (non-hydrogen) atoms. The van der Waals surface area contributed by atoms with Gasteiger partial charge in [-0.25, -0.2) is 27.2 Å². The minimum absolute atomic E-state index is 0.208. The maximum atomic E-state index is 13.7. The van der Waals surface area contributed by atoms with Crippen molar-refractivity contribution in [1.82, 2.24) is 9.97 Å². The molecule has 0 bridgehead atoms. The number of nitrogens with zero attached hydrogens (tertiary/aromatic N) is 2. The maximum Gasteiger partial charge on any atom is 0.264 e. The molecule has 10 heteroatoms. The van der Waals surface area contributed by atoms with Gasteiger partial charge >= 0.3 is 0 Å². The van der Waals surface area contributed by atoms with Gasteiger partial charge in [-0.2, -0.15) is 0 Å². The average molecular weight is 397 g/mol. The molecule has 0 atom stereocenters. The molecule has 0 saturated carbocycles. The average Bonchev–Trinajstić information content (AvgIpc) is 2.56. The van der Waals surface area contributed by atoms with Gasteiger partial charge in [0.25, 0.3) is 10.0 Å². The standard InChI is InChI=1S/C16H11ClF2N4O2S/c17-15-8-16(21-9-20-15)22-11-2-4-12(5-3-11)23-26(24,25)14-6-1-10(18)7-13(14)19/h1-9,23H,(H,20,21,22). The van der Waals surface area contributed by atoms with Gasteiger partial charge in [0, 0.05) is 23.5 Å². The Morgan fingerprint density at radius 1 is 0.923 bits per heavy atom. The highest BCUT2D eigenvalue weighted by atomic mass is 35.5. The van der Waals surface area contributed by atoms with E-state index in [9.17, 15) is 17.2 Å². The maximum absolute atomic E-state index is 13.7. The third kappa shape index (κ3) is 4.24. The molecule has 0 aliphatic heterocycles. The third-order valence-electron chi connectivity index (χ3n) is 3.23. The first kappa shape index (κ1) is 18.0. The van der Waals surface area contributed by atoms with Crippen molar-refractivity contribution in [1.29, 1.82) is 0 Å². The van der Waals surface area contributed by atoms with Crippen molar-refractivity contribution in [3.05, 3.63) is 71.6 Å². The van der Waals surface area contributed by atoms with Crippen molar-refractivity contribution >= 4 is 38.8 Å². The van der Waals surface area contributed by atoms with Gasteiger partial charge in [-0.15, -0.1) is 0 Å². The zero-order valence-electron chi connectivity index (χ0n) is 12.9. The minimum atomic E-state index is -4.19. The molecular weight excluding hydrogens is 386 g/mol. The third-order valence-corrected chi connectivity index (χ3v) is 4.85. The summed E-state index contributed by atoms with van der Waals surface area (Å²) in [5.41, 5.74) is 0.829. The van der Waals surface area contributed by atoms with E-state index in [0.717, 1.165) is 12.1 Å². The van der Waals surface area contributed by atoms with E-state index in [0.29, 0.717) is 17.6 Å². The van der Waals surface area contributed by atoms with Crippen LogP contribution in [0.2, 0.25) is 5.15 Å². The van der Waals surface area contributed by atoms with Gasteiger partial charge in [-0.3, -0.25) is 4.72 Å². The van der Waals surface area contributed by atoms with E-state index in [4.69, 9.17) is 11.6 Å². The zero-order valence-corrected chi connectivity index (χ0v) is 14.5. The number of benzene rings is 2.